The average molecular weight is 333 g/mol. The summed E-state index contributed by atoms with van der Waals surface area (Å²) in [7, 11) is 0. The van der Waals surface area contributed by atoms with Crippen molar-refractivity contribution in [3.8, 4) is 0 Å². The van der Waals surface area contributed by atoms with Crippen LogP contribution in [0.5, 0.6) is 0 Å². The summed E-state index contributed by atoms with van der Waals surface area (Å²) in [4.78, 5) is 26.2. The van der Waals surface area contributed by atoms with Crippen LogP contribution in [-0.2, 0) is 4.79 Å². The lowest BCUT2D eigenvalue weighted by Gasteiger charge is -2.34. The van der Waals surface area contributed by atoms with Gasteiger partial charge < -0.3 is 10.0 Å². The van der Waals surface area contributed by atoms with Gasteiger partial charge in [0.05, 0.1) is 5.37 Å². The number of carbonyl (C=O) groups excluding carboxylic acids is 1. The maximum atomic E-state index is 13.0. The highest BCUT2D eigenvalue weighted by Crippen LogP contribution is 2.41. The summed E-state index contributed by atoms with van der Waals surface area (Å²) in [5, 5.41) is 9.54. The van der Waals surface area contributed by atoms with Crippen LogP contribution in [0.2, 0.25) is 0 Å². The van der Waals surface area contributed by atoms with E-state index in [9.17, 15) is 14.7 Å². The summed E-state index contributed by atoms with van der Waals surface area (Å²) in [6.07, 6.45) is 5.82. The molecule has 0 spiro atoms. The molecule has 5 heteroatoms. The van der Waals surface area contributed by atoms with Crippen LogP contribution in [0.1, 0.15) is 48.0 Å². The molecule has 1 aliphatic carbocycles. The number of aryl methyl sites for hydroxylation is 1. The standard InChI is InChI=1S/C18H23NO3S/c1-12-7-9-13(10-8-12)16(20)19-15(18(21)22)11-23-17(19)14-5-3-2-4-6-14/h7-10,14-15,17H,2-6,11H2,1H3,(H,21,22)/t15-,17+/m0/s1. The lowest BCUT2D eigenvalue weighted by atomic mass is 9.88. The molecular weight excluding hydrogens is 310 g/mol. The molecule has 1 aromatic rings. The van der Waals surface area contributed by atoms with Gasteiger partial charge >= 0.3 is 5.97 Å². The lowest BCUT2D eigenvalue weighted by Crippen LogP contribution is -2.48. The number of thioether (sulfide) groups is 1. The van der Waals surface area contributed by atoms with Crippen LogP contribution in [0, 0.1) is 12.8 Å². The van der Waals surface area contributed by atoms with Gasteiger partial charge in [-0.15, -0.1) is 11.8 Å². The molecule has 4 nitrogen and oxygen atoms in total. The van der Waals surface area contributed by atoms with E-state index in [1.807, 2.05) is 19.1 Å². The van der Waals surface area contributed by atoms with E-state index >= 15 is 0 Å². The molecule has 1 saturated carbocycles. The number of hydrogen-bond acceptors (Lipinski definition) is 3. The number of carboxylic acid groups (broad SMARTS) is 1. The minimum Gasteiger partial charge on any atom is -0.480 e. The third-order valence-corrected chi connectivity index (χ3v) is 6.37. The molecule has 0 unspecified atom stereocenters. The first-order valence-electron chi connectivity index (χ1n) is 8.31. The minimum atomic E-state index is -0.892. The predicted octanol–water partition coefficient (Wildman–Crippen LogP) is 3.54. The molecule has 3 rings (SSSR count). The Labute approximate surface area is 141 Å². The van der Waals surface area contributed by atoms with E-state index in [1.165, 1.54) is 19.3 Å². The molecule has 1 heterocycles. The highest BCUT2D eigenvalue weighted by Gasteiger charge is 2.45. The third kappa shape index (κ3) is 3.39. The predicted molar refractivity (Wildman–Crippen MR) is 91.6 cm³/mol. The van der Waals surface area contributed by atoms with Crippen LogP contribution in [0.25, 0.3) is 0 Å². The summed E-state index contributed by atoms with van der Waals surface area (Å²) in [6, 6.07) is 6.71. The zero-order valence-corrected chi connectivity index (χ0v) is 14.2. The second kappa shape index (κ2) is 6.95. The molecular formula is C18H23NO3S. The molecule has 1 aliphatic heterocycles. The van der Waals surface area contributed by atoms with E-state index in [-0.39, 0.29) is 11.3 Å². The van der Waals surface area contributed by atoms with Gasteiger partial charge in [0.15, 0.2) is 0 Å². The Bertz CT molecular complexity index is 580. The molecule has 1 amide bonds. The summed E-state index contributed by atoms with van der Waals surface area (Å²) < 4.78 is 0. The minimum absolute atomic E-state index is 0.00482. The fourth-order valence-corrected chi connectivity index (χ4v) is 5.23. The number of amides is 1. The van der Waals surface area contributed by atoms with Crippen molar-refractivity contribution in [1.82, 2.24) is 4.90 Å². The van der Waals surface area contributed by atoms with Gasteiger partial charge in [-0.25, -0.2) is 4.79 Å². The van der Waals surface area contributed by atoms with Crippen LogP contribution < -0.4 is 0 Å². The number of carboxylic acids is 1. The van der Waals surface area contributed by atoms with E-state index in [0.29, 0.717) is 17.2 Å². The zero-order valence-electron chi connectivity index (χ0n) is 13.4. The van der Waals surface area contributed by atoms with Crippen molar-refractivity contribution >= 4 is 23.6 Å². The van der Waals surface area contributed by atoms with E-state index in [4.69, 9.17) is 0 Å². The number of aliphatic carboxylic acids is 1. The molecule has 1 N–H and O–H groups in total. The van der Waals surface area contributed by atoms with Crippen LogP contribution in [0.4, 0.5) is 0 Å². The van der Waals surface area contributed by atoms with Gasteiger partial charge in [0.2, 0.25) is 0 Å². The quantitative estimate of drug-likeness (QED) is 0.919. The Morgan fingerprint density at radius 2 is 1.78 bits per heavy atom. The summed E-state index contributed by atoms with van der Waals surface area (Å²) in [5.74, 6) is -0.115. The Kier molecular flexibility index (Phi) is 4.95. The molecule has 0 aromatic heterocycles. The molecule has 1 aromatic carbocycles. The van der Waals surface area contributed by atoms with E-state index in [0.717, 1.165) is 18.4 Å². The Balaban J connectivity index is 1.87. The Morgan fingerprint density at radius 1 is 1.13 bits per heavy atom. The van der Waals surface area contributed by atoms with Crippen LogP contribution >= 0.6 is 11.8 Å². The molecule has 124 valence electrons. The fraction of sp³-hybridized carbons (Fsp3) is 0.556. The molecule has 0 bridgehead atoms. The van der Waals surface area contributed by atoms with Crippen molar-refractivity contribution in [2.45, 2.75) is 50.4 Å². The first kappa shape index (κ1) is 16.4. The number of carbonyl (C=O) groups is 2. The Hall–Kier alpha value is -1.49. The van der Waals surface area contributed by atoms with Gasteiger partial charge in [-0.05, 0) is 37.8 Å². The number of benzene rings is 1. The molecule has 0 radical (unpaired) electrons. The van der Waals surface area contributed by atoms with Gasteiger partial charge in [0, 0.05) is 11.3 Å². The smallest absolute Gasteiger partial charge is 0.327 e. The van der Waals surface area contributed by atoms with Gasteiger partial charge in [-0.3, -0.25) is 4.79 Å². The highest BCUT2D eigenvalue weighted by molar-refractivity contribution is 8.00. The second-order valence-corrected chi connectivity index (χ2v) is 7.70. The molecule has 1 saturated heterocycles. The monoisotopic (exact) mass is 333 g/mol. The summed E-state index contributed by atoms with van der Waals surface area (Å²) >= 11 is 1.64. The van der Waals surface area contributed by atoms with Crippen LogP contribution in [0.3, 0.4) is 0 Å². The van der Waals surface area contributed by atoms with Crippen molar-refractivity contribution in [1.29, 1.82) is 0 Å². The average Bonchev–Trinajstić information content (AvgIpc) is 3.01. The van der Waals surface area contributed by atoms with E-state index in [2.05, 4.69) is 0 Å². The van der Waals surface area contributed by atoms with Crippen LogP contribution in [-0.4, -0.2) is 39.1 Å². The van der Waals surface area contributed by atoms with E-state index < -0.39 is 12.0 Å². The van der Waals surface area contributed by atoms with Crippen LogP contribution in [0.15, 0.2) is 24.3 Å². The van der Waals surface area contributed by atoms with Gasteiger partial charge in [-0.2, -0.15) is 0 Å². The second-order valence-electron chi connectivity index (χ2n) is 6.55. The number of hydrogen-bond donors (Lipinski definition) is 1. The topological polar surface area (TPSA) is 57.6 Å². The molecule has 2 atom stereocenters. The third-order valence-electron chi connectivity index (χ3n) is 4.91. The maximum Gasteiger partial charge on any atom is 0.327 e. The molecule has 2 aliphatic rings. The Morgan fingerprint density at radius 3 is 2.39 bits per heavy atom. The van der Waals surface area contributed by atoms with E-state index in [1.54, 1.807) is 28.8 Å². The van der Waals surface area contributed by atoms with Crippen molar-refractivity contribution in [2.24, 2.45) is 5.92 Å². The van der Waals surface area contributed by atoms with Crippen molar-refractivity contribution in [3.63, 3.8) is 0 Å². The molecule has 2 fully saturated rings. The summed E-state index contributed by atoms with van der Waals surface area (Å²) in [6.45, 7) is 1.98. The summed E-state index contributed by atoms with van der Waals surface area (Å²) in [5.41, 5.74) is 1.68. The zero-order chi connectivity index (χ0) is 16.4. The first-order valence-corrected chi connectivity index (χ1v) is 9.36. The molecule has 23 heavy (non-hydrogen) atoms. The van der Waals surface area contributed by atoms with Crippen molar-refractivity contribution in [2.75, 3.05) is 5.75 Å². The van der Waals surface area contributed by atoms with Crippen molar-refractivity contribution in [3.05, 3.63) is 35.4 Å². The van der Waals surface area contributed by atoms with Crippen molar-refractivity contribution < 1.29 is 14.7 Å². The van der Waals surface area contributed by atoms with Gasteiger partial charge in [0.25, 0.3) is 5.91 Å². The fourth-order valence-electron chi connectivity index (χ4n) is 3.60. The lowest BCUT2D eigenvalue weighted by molar-refractivity contribution is -0.141. The normalized spacial score (nSPS) is 25.5. The maximum absolute atomic E-state index is 13.0. The van der Waals surface area contributed by atoms with Gasteiger partial charge in [-0.1, -0.05) is 37.0 Å². The van der Waals surface area contributed by atoms with Gasteiger partial charge in [0.1, 0.15) is 6.04 Å². The number of nitrogens with zero attached hydrogens (tertiary/aromatic N) is 1. The number of rotatable bonds is 3. The largest absolute Gasteiger partial charge is 0.480 e. The highest BCUT2D eigenvalue weighted by atomic mass is 32.2. The first-order chi connectivity index (χ1) is 11.1. The SMILES string of the molecule is Cc1ccc(C(=O)N2[C@@H](C3CCCCC3)SC[C@H]2C(=O)O)cc1.